The van der Waals surface area contributed by atoms with Crippen LogP contribution in [0.25, 0.3) is 10.9 Å². The number of carbonyl (C=O) groups is 1. The Morgan fingerprint density at radius 3 is 2.83 bits per heavy atom. The van der Waals surface area contributed by atoms with Gasteiger partial charge >= 0.3 is 0 Å². The summed E-state index contributed by atoms with van der Waals surface area (Å²) in [5, 5.41) is 3.98. The molecule has 1 amide bonds. The predicted molar refractivity (Wildman–Crippen MR) is 91.7 cm³/mol. The molecule has 0 unspecified atom stereocenters. The van der Waals surface area contributed by atoms with Crippen molar-refractivity contribution in [3.05, 3.63) is 47.4 Å². The van der Waals surface area contributed by atoms with E-state index in [0.29, 0.717) is 12.2 Å². The van der Waals surface area contributed by atoms with Gasteiger partial charge in [0.25, 0.3) is 5.91 Å². The van der Waals surface area contributed by atoms with E-state index >= 15 is 0 Å². The zero-order valence-corrected chi connectivity index (χ0v) is 13.8. The van der Waals surface area contributed by atoms with Gasteiger partial charge in [0.15, 0.2) is 0 Å². The molecule has 2 aromatic heterocycles. The van der Waals surface area contributed by atoms with Crippen LogP contribution >= 0.6 is 0 Å². The van der Waals surface area contributed by atoms with Crippen LogP contribution in [0.4, 0.5) is 5.95 Å². The number of aromatic nitrogens is 3. The molecule has 3 aromatic rings. The molecule has 0 saturated heterocycles. The van der Waals surface area contributed by atoms with Gasteiger partial charge in [-0.25, -0.2) is 4.98 Å². The molecule has 0 atom stereocenters. The minimum Gasteiger partial charge on any atom is -0.351 e. The summed E-state index contributed by atoms with van der Waals surface area (Å²) in [6.07, 6.45) is 1.78. The zero-order valence-electron chi connectivity index (χ0n) is 13.8. The van der Waals surface area contributed by atoms with Crippen molar-refractivity contribution in [1.82, 2.24) is 19.9 Å². The van der Waals surface area contributed by atoms with E-state index in [1.165, 1.54) is 5.56 Å². The molecule has 0 saturated carbocycles. The first-order valence-electron chi connectivity index (χ1n) is 7.51. The number of benzene rings is 1. The number of hydrogen-bond donors (Lipinski definition) is 2. The Kier molecular flexibility index (Phi) is 3.82. The lowest BCUT2D eigenvalue weighted by atomic mass is 10.2. The average molecular weight is 311 g/mol. The summed E-state index contributed by atoms with van der Waals surface area (Å²) in [5.41, 5.74) is 3.67. The minimum atomic E-state index is -0.119. The molecule has 6 nitrogen and oxygen atoms in total. The van der Waals surface area contributed by atoms with E-state index in [1.54, 1.807) is 6.20 Å². The van der Waals surface area contributed by atoms with Crippen molar-refractivity contribution in [2.45, 2.75) is 13.5 Å². The maximum absolute atomic E-state index is 12.3. The topological polar surface area (TPSA) is 66.0 Å². The Bertz CT molecular complexity index is 859. The van der Waals surface area contributed by atoms with Crippen LogP contribution in [0, 0.1) is 6.92 Å². The molecule has 6 heteroatoms. The fourth-order valence-electron chi connectivity index (χ4n) is 2.65. The minimum absolute atomic E-state index is 0.119. The summed E-state index contributed by atoms with van der Waals surface area (Å²) in [4.78, 5) is 21.8. The molecule has 1 aromatic carbocycles. The first-order valence-corrected chi connectivity index (χ1v) is 7.51. The third kappa shape index (κ3) is 2.92. The summed E-state index contributed by atoms with van der Waals surface area (Å²) in [6, 6.07) is 7.96. The van der Waals surface area contributed by atoms with Crippen LogP contribution in [0.2, 0.25) is 0 Å². The second-order valence-electron chi connectivity index (χ2n) is 5.96. The highest BCUT2D eigenvalue weighted by Gasteiger charge is 2.12. The van der Waals surface area contributed by atoms with Crippen molar-refractivity contribution < 1.29 is 4.79 Å². The van der Waals surface area contributed by atoms with Crippen LogP contribution in [0.5, 0.6) is 0 Å². The predicted octanol–water partition coefficient (Wildman–Crippen LogP) is 2.21. The fraction of sp³-hybridized carbons (Fsp3) is 0.294. The van der Waals surface area contributed by atoms with Gasteiger partial charge in [0.2, 0.25) is 5.95 Å². The van der Waals surface area contributed by atoms with Gasteiger partial charge in [-0.05, 0) is 25.1 Å². The monoisotopic (exact) mass is 311 g/mol. The first kappa shape index (κ1) is 15.1. The summed E-state index contributed by atoms with van der Waals surface area (Å²) in [6.45, 7) is 2.47. The van der Waals surface area contributed by atoms with Crippen molar-refractivity contribution >= 4 is 22.8 Å². The molecule has 0 radical (unpaired) electrons. The van der Waals surface area contributed by atoms with E-state index in [2.05, 4.69) is 21.4 Å². The summed E-state index contributed by atoms with van der Waals surface area (Å²) < 4.78 is 1.97. The first-order chi connectivity index (χ1) is 11.0. The van der Waals surface area contributed by atoms with Crippen LogP contribution in [-0.4, -0.2) is 34.5 Å². The van der Waals surface area contributed by atoms with Crippen molar-refractivity contribution in [2.24, 2.45) is 7.05 Å². The van der Waals surface area contributed by atoms with E-state index < -0.39 is 0 Å². The van der Waals surface area contributed by atoms with Gasteiger partial charge in [0, 0.05) is 32.0 Å². The molecule has 2 N–H and O–H groups in total. The van der Waals surface area contributed by atoms with Gasteiger partial charge in [0.1, 0.15) is 5.69 Å². The highest BCUT2D eigenvalue weighted by atomic mass is 16.1. The number of H-pyrrole nitrogens is 1. The van der Waals surface area contributed by atoms with Crippen LogP contribution in [0.15, 0.2) is 30.5 Å². The van der Waals surface area contributed by atoms with Gasteiger partial charge in [-0.3, -0.25) is 4.79 Å². The van der Waals surface area contributed by atoms with E-state index in [1.807, 2.05) is 55.7 Å². The fourth-order valence-corrected chi connectivity index (χ4v) is 2.65. The summed E-state index contributed by atoms with van der Waals surface area (Å²) in [7, 11) is 5.82. The van der Waals surface area contributed by atoms with Crippen LogP contribution < -0.4 is 10.2 Å². The highest BCUT2D eigenvalue weighted by molar-refractivity contribution is 5.98. The Balaban J connectivity index is 1.73. The number of amides is 1. The maximum atomic E-state index is 12.3. The lowest BCUT2D eigenvalue weighted by molar-refractivity contribution is 0.0946. The maximum Gasteiger partial charge on any atom is 0.268 e. The van der Waals surface area contributed by atoms with Crippen LogP contribution in [-0.2, 0) is 13.6 Å². The second-order valence-corrected chi connectivity index (χ2v) is 5.96. The number of aryl methyl sites for hydroxylation is 1. The smallest absolute Gasteiger partial charge is 0.268 e. The van der Waals surface area contributed by atoms with Crippen LogP contribution in [0.3, 0.4) is 0 Å². The molecule has 23 heavy (non-hydrogen) atoms. The average Bonchev–Trinajstić information content (AvgIpc) is 3.08. The van der Waals surface area contributed by atoms with Crippen LogP contribution in [0.1, 0.15) is 21.7 Å². The van der Waals surface area contributed by atoms with Gasteiger partial charge in [-0.1, -0.05) is 11.6 Å². The van der Waals surface area contributed by atoms with Crippen molar-refractivity contribution in [2.75, 3.05) is 19.0 Å². The largest absolute Gasteiger partial charge is 0.351 e. The number of carbonyl (C=O) groups excluding carboxylic acids is 1. The number of fused-ring (bicyclic) bond motifs is 1. The molecule has 2 heterocycles. The summed E-state index contributed by atoms with van der Waals surface area (Å²) in [5.74, 6) is 0.738. The van der Waals surface area contributed by atoms with Gasteiger partial charge in [-0.2, -0.15) is 0 Å². The Hall–Kier alpha value is -2.76. The third-order valence-electron chi connectivity index (χ3n) is 3.91. The molecular formula is C17H21N5O. The van der Waals surface area contributed by atoms with Gasteiger partial charge in [0.05, 0.1) is 18.4 Å². The number of anilines is 1. The molecular weight excluding hydrogens is 290 g/mol. The number of aromatic amines is 1. The molecule has 0 aliphatic rings. The second kappa shape index (κ2) is 5.79. The lowest BCUT2D eigenvalue weighted by Crippen LogP contribution is -2.24. The molecule has 0 aliphatic heterocycles. The molecule has 120 valence electrons. The number of hydrogen-bond acceptors (Lipinski definition) is 3. The third-order valence-corrected chi connectivity index (χ3v) is 3.91. The standard InChI is InChI=1S/C17H21N5O/c1-11-5-6-14-12(7-11)8-15(20-14)16(23)18-9-13-10-19-17(21(2)3)22(13)4/h5-8,10,20H,9H2,1-4H3,(H,18,23). The van der Waals surface area contributed by atoms with Gasteiger partial charge < -0.3 is 19.8 Å². The van der Waals surface area contributed by atoms with E-state index in [9.17, 15) is 4.79 Å². The number of nitrogens with zero attached hydrogens (tertiary/aromatic N) is 3. The Morgan fingerprint density at radius 1 is 1.35 bits per heavy atom. The normalized spacial score (nSPS) is 11.0. The SMILES string of the molecule is Cc1ccc2[nH]c(C(=O)NCc3cnc(N(C)C)n3C)cc2c1. The quantitative estimate of drug-likeness (QED) is 0.776. The molecule has 0 fully saturated rings. The zero-order chi connectivity index (χ0) is 16.6. The molecule has 0 aliphatic carbocycles. The molecule has 3 rings (SSSR count). The number of nitrogens with one attached hydrogen (secondary N) is 2. The number of imidazole rings is 1. The number of rotatable bonds is 4. The lowest BCUT2D eigenvalue weighted by Gasteiger charge is -2.12. The Morgan fingerprint density at radius 2 is 2.13 bits per heavy atom. The van der Waals surface area contributed by atoms with Crippen molar-refractivity contribution in [3.8, 4) is 0 Å². The van der Waals surface area contributed by atoms with E-state index in [-0.39, 0.29) is 5.91 Å². The highest BCUT2D eigenvalue weighted by Crippen LogP contribution is 2.17. The van der Waals surface area contributed by atoms with Gasteiger partial charge in [-0.15, -0.1) is 0 Å². The van der Waals surface area contributed by atoms with Crippen molar-refractivity contribution in [3.63, 3.8) is 0 Å². The molecule has 0 spiro atoms. The van der Waals surface area contributed by atoms with E-state index in [4.69, 9.17) is 0 Å². The van der Waals surface area contributed by atoms with Crippen molar-refractivity contribution in [1.29, 1.82) is 0 Å². The van der Waals surface area contributed by atoms with E-state index in [0.717, 1.165) is 22.5 Å². The summed E-state index contributed by atoms with van der Waals surface area (Å²) >= 11 is 0. The Labute approximate surface area is 135 Å². The molecule has 0 bridgehead atoms.